The van der Waals surface area contributed by atoms with Crippen LogP contribution in [0.2, 0.25) is 0 Å². The van der Waals surface area contributed by atoms with Gasteiger partial charge < -0.3 is 0 Å². The molecule has 2 fully saturated rings. The number of hydrogen-bond acceptors (Lipinski definition) is 3. The topological polar surface area (TPSA) is 28.0 Å². The van der Waals surface area contributed by atoms with Crippen LogP contribution in [0.3, 0.4) is 0 Å². The zero-order valence-electron chi connectivity index (χ0n) is 8.58. The summed E-state index contributed by atoms with van der Waals surface area (Å²) >= 11 is 0. The summed E-state index contributed by atoms with van der Waals surface area (Å²) in [7, 11) is 0. The van der Waals surface area contributed by atoms with Crippen LogP contribution >= 0.6 is 0 Å². The Bertz CT molecular complexity index is 263. The van der Waals surface area contributed by atoms with Gasteiger partial charge in [0.15, 0.2) is 0 Å². The molecule has 14 heavy (non-hydrogen) atoms. The monoisotopic (exact) mass is 191 g/mol. The third-order valence-electron chi connectivity index (χ3n) is 3.41. The number of nitrogens with zero attached hydrogens (tertiary/aromatic N) is 3. The molecule has 0 spiro atoms. The van der Waals surface area contributed by atoms with Crippen LogP contribution in [-0.2, 0) is 0 Å². The van der Waals surface area contributed by atoms with Gasteiger partial charge in [-0.2, -0.15) is 5.10 Å². The highest BCUT2D eigenvalue weighted by Gasteiger charge is 2.28. The lowest BCUT2D eigenvalue weighted by Gasteiger charge is -2.36. The van der Waals surface area contributed by atoms with Crippen molar-refractivity contribution in [1.29, 1.82) is 0 Å². The van der Waals surface area contributed by atoms with Gasteiger partial charge in [-0.25, -0.2) is 0 Å². The molecule has 0 bridgehead atoms. The van der Waals surface area contributed by atoms with E-state index in [4.69, 9.17) is 10.1 Å². The van der Waals surface area contributed by atoms with Gasteiger partial charge in [-0.1, -0.05) is 0 Å². The molecule has 1 aliphatic carbocycles. The molecule has 0 aromatic carbocycles. The average molecular weight is 191 g/mol. The zero-order valence-corrected chi connectivity index (χ0v) is 8.58. The van der Waals surface area contributed by atoms with Gasteiger partial charge in [-0.15, -0.1) is 0 Å². The molecule has 2 heterocycles. The zero-order chi connectivity index (χ0) is 9.38. The smallest absolute Gasteiger partial charge is 0.137 e. The molecular formula is C11H17N3. The quantitative estimate of drug-likeness (QED) is 0.576. The number of rotatable bonds is 0. The fourth-order valence-electron chi connectivity index (χ4n) is 2.60. The Kier molecular flexibility index (Phi) is 2.03. The van der Waals surface area contributed by atoms with Crippen LogP contribution in [0.4, 0.5) is 0 Å². The van der Waals surface area contributed by atoms with Gasteiger partial charge in [0.1, 0.15) is 6.17 Å². The fourth-order valence-corrected chi connectivity index (χ4v) is 2.60. The van der Waals surface area contributed by atoms with Crippen molar-refractivity contribution in [3.63, 3.8) is 0 Å². The Morgan fingerprint density at radius 2 is 1.86 bits per heavy atom. The summed E-state index contributed by atoms with van der Waals surface area (Å²) in [5.74, 6) is 0. The number of hydrogen-bond donors (Lipinski definition) is 0. The fraction of sp³-hybridized carbons (Fsp3) is 0.818. The number of aliphatic imine (C=N–C) groups is 1. The second-order valence-electron chi connectivity index (χ2n) is 4.47. The van der Waals surface area contributed by atoms with Crippen molar-refractivity contribution in [2.75, 3.05) is 6.54 Å². The van der Waals surface area contributed by atoms with Gasteiger partial charge in [0.05, 0.1) is 11.4 Å². The summed E-state index contributed by atoms with van der Waals surface area (Å²) in [5.41, 5.74) is 2.61. The van der Waals surface area contributed by atoms with Crippen molar-refractivity contribution < 1.29 is 0 Å². The van der Waals surface area contributed by atoms with Gasteiger partial charge in [-0.3, -0.25) is 10.0 Å². The molecule has 1 atom stereocenters. The summed E-state index contributed by atoms with van der Waals surface area (Å²) in [4.78, 5) is 4.84. The van der Waals surface area contributed by atoms with Crippen LogP contribution in [0.5, 0.6) is 0 Å². The Morgan fingerprint density at radius 3 is 2.79 bits per heavy atom. The van der Waals surface area contributed by atoms with Crippen molar-refractivity contribution in [1.82, 2.24) is 5.01 Å². The Morgan fingerprint density at radius 1 is 1.00 bits per heavy atom. The first-order chi connectivity index (χ1) is 6.93. The first-order valence-electron chi connectivity index (χ1n) is 5.85. The minimum absolute atomic E-state index is 0.389. The van der Waals surface area contributed by atoms with Gasteiger partial charge in [-0.05, 0) is 44.9 Å². The van der Waals surface area contributed by atoms with Crippen molar-refractivity contribution in [2.45, 2.75) is 51.1 Å². The molecule has 1 saturated carbocycles. The summed E-state index contributed by atoms with van der Waals surface area (Å²) in [5, 5.41) is 6.96. The van der Waals surface area contributed by atoms with E-state index in [1.807, 2.05) is 0 Å². The van der Waals surface area contributed by atoms with Crippen molar-refractivity contribution in [3.05, 3.63) is 0 Å². The number of hydrazone groups is 1. The average Bonchev–Trinajstić information content (AvgIpc) is 2.26. The molecule has 0 N–H and O–H groups in total. The van der Waals surface area contributed by atoms with Gasteiger partial charge in [0.25, 0.3) is 0 Å². The highest BCUT2D eigenvalue weighted by molar-refractivity contribution is 6.43. The SMILES string of the molecule is C1CCC2=NN3CCCCC3N=C2C1. The summed E-state index contributed by atoms with van der Waals surface area (Å²) < 4.78 is 0. The lowest BCUT2D eigenvalue weighted by atomic mass is 9.95. The minimum Gasteiger partial charge on any atom is -0.272 e. The molecule has 0 aromatic rings. The van der Waals surface area contributed by atoms with E-state index in [0.29, 0.717) is 6.17 Å². The Balaban J connectivity index is 1.86. The largest absolute Gasteiger partial charge is 0.272 e. The van der Waals surface area contributed by atoms with Crippen LogP contribution in [0, 0.1) is 0 Å². The third kappa shape index (κ3) is 1.35. The highest BCUT2D eigenvalue weighted by Crippen LogP contribution is 2.25. The van der Waals surface area contributed by atoms with Crippen molar-refractivity contribution >= 4 is 11.4 Å². The minimum atomic E-state index is 0.389. The predicted molar refractivity (Wildman–Crippen MR) is 57.7 cm³/mol. The highest BCUT2D eigenvalue weighted by atomic mass is 15.5. The Labute approximate surface area is 84.9 Å². The lowest BCUT2D eigenvalue weighted by Crippen LogP contribution is -2.41. The summed E-state index contributed by atoms with van der Waals surface area (Å²) in [6.45, 7) is 1.12. The van der Waals surface area contributed by atoms with Crippen molar-refractivity contribution in [3.8, 4) is 0 Å². The molecule has 1 saturated heterocycles. The maximum atomic E-state index is 4.84. The predicted octanol–water partition coefficient (Wildman–Crippen LogP) is 2.18. The standard InChI is InChI=1S/C11H17N3/c1-2-6-10-9(5-1)12-11-7-3-4-8-14(11)13-10/h11H,1-8H2. The summed E-state index contributed by atoms with van der Waals surface area (Å²) in [6, 6.07) is 0. The van der Waals surface area contributed by atoms with Gasteiger partial charge >= 0.3 is 0 Å². The van der Waals surface area contributed by atoms with Crippen molar-refractivity contribution in [2.24, 2.45) is 10.1 Å². The molecule has 3 aliphatic rings. The van der Waals surface area contributed by atoms with E-state index >= 15 is 0 Å². The van der Waals surface area contributed by atoms with Crippen LogP contribution in [0.15, 0.2) is 10.1 Å². The van der Waals surface area contributed by atoms with E-state index in [1.54, 1.807) is 0 Å². The molecule has 2 aliphatic heterocycles. The molecule has 0 aromatic heterocycles. The van der Waals surface area contributed by atoms with Crippen LogP contribution < -0.4 is 0 Å². The van der Waals surface area contributed by atoms with Gasteiger partial charge in [0, 0.05) is 6.54 Å². The Hall–Kier alpha value is -0.860. The molecule has 3 rings (SSSR count). The molecule has 0 radical (unpaired) electrons. The van der Waals surface area contributed by atoms with E-state index in [0.717, 1.165) is 13.0 Å². The molecule has 1 unspecified atom stereocenters. The van der Waals surface area contributed by atoms with Crippen LogP contribution in [-0.4, -0.2) is 29.1 Å². The number of piperidine rings is 1. The van der Waals surface area contributed by atoms with Crippen LogP contribution in [0.1, 0.15) is 44.9 Å². The molecule has 0 amide bonds. The first kappa shape index (κ1) is 8.45. The first-order valence-corrected chi connectivity index (χ1v) is 5.85. The number of fused-ring (bicyclic) bond motifs is 2. The molecule has 3 nitrogen and oxygen atoms in total. The maximum absolute atomic E-state index is 4.84. The lowest BCUT2D eigenvalue weighted by molar-refractivity contribution is 0.157. The summed E-state index contributed by atoms with van der Waals surface area (Å²) in [6.07, 6.45) is 9.15. The van der Waals surface area contributed by atoms with Gasteiger partial charge in [0.2, 0.25) is 0 Å². The van der Waals surface area contributed by atoms with E-state index in [-0.39, 0.29) is 0 Å². The van der Waals surface area contributed by atoms with E-state index in [9.17, 15) is 0 Å². The molecule has 3 heteroatoms. The van der Waals surface area contributed by atoms with E-state index in [1.165, 1.54) is 49.9 Å². The second kappa shape index (κ2) is 3.37. The maximum Gasteiger partial charge on any atom is 0.137 e. The van der Waals surface area contributed by atoms with Crippen LogP contribution in [0.25, 0.3) is 0 Å². The molecule has 76 valence electrons. The van der Waals surface area contributed by atoms with E-state index in [2.05, 4.69) is 5.01 Å². The third-order valence-corrected chi connectivity index (χ3v) is 3.41. The molecular weight excluding hydrogens is 174 g/mol. The second-order valence-corrected chi connectivity index (χ2v) is 4.47. The normalized spacial score (nSPS) is 31.4. The van der Waals surface area contributed by atoms with E-state index < -0.39 is 0 Å².